The van der Waals surface area contributed by atoms with Crippen molar-refractivity contribution in [3.63, 3.8) is 0 Å². The van der Waals surface area contributed by atoms with Crippen LogP contribution in [0.4, 0.5) is 5.69 Å². The number of anilines is 1. The third kappa shape index (κ3) is 1.40. The lowest BCUT2D eigenvalue weighted by Crippen LogP contribution is -1.95. The molecule has 0 bridgehead atoms. The summed E-state index contributed by atoms with van der Waals surface area (Å²) >= 11 is 0. The van der Waals surface area contributed by atoms with Gasteiger partial charge in [0, 0.05) is 5.39 Å². The summed E-state index contributed by atoms with van der Waals surface area (Å²) in [5, 5.41) is 1.85. The molecule has 0 aliphatic carbocycles. The number of aromatic nitrogens is 1. The summed E-state index contributed by atoms with van der Waals surface area (Å²) in [6.45, 7) is 0. The Morgan fingerprint density at radius 1 is 1.00 bits per heavy atom. The minimum absolute atomic E-state index is 0.725. The van der Waals surface area contributed by atoms with E-state index >= 15 is 0 Å². The minimum Gasteiger partial charge on any atom is -0.496 e. The molecule has 0 radical (unpaired) electrons. The summed E-state index contributed by atoms with van der Waals surface area (Å²) in [5.74, 6) is 0.762. The average Bonchev–Trinajstić information content (AvgIpc) is 2.38. The van der Waals surface area contributed by atoms with Gasteiger partial charge in [-0.3, -0.25) is 0 Å². The Labute approximate surface area is 98.8 Å². The molecule has 3 nitrogen and oxygen atoms in total. The SMILES string of the molecule is COc1cccc2nc3ccccc3c(N)c12. The van der Waals surface area contributed by atoms with E-state index in [1.54, 1.807) is 7.11 Å². The number of pyridine rings is 1. The van der Waals surface area contributed by atoms with E-state index < -0.39 is 0 Å². The predicted molar refractivity (Wildman–Crippen MR) is 70.2 cm³/mol. The molecule has 0 aliphatic heterocycles. The van der Waals surface area contributed by atoms with Crippen molar-refractivity contribution in [3.8, 4) is 5.75 Å². The molecule has 0 amide bonds. The molecule has 0 spiro atoms. The van der Waals surface area contributed by atoms with Gasteiger partial charge in [-0.1, -0.05) is 24.3 Å². The van der Waals surface area contributed by atoms with E-state index in [1.165, 1.54) is 0 Å². The van der Waals surface area contributed by atoms with Crippen molar-refractivity contribution in [1.29, 1.82) is 0 Å². The molecule has 0 atom stereocenters. The number of nitrogens with two attached hydrogens (primary N) is 1. The Morgan fingerprint density at radius 3 is 2.59 bits per heavy atom. The Bertz CT molecular complexity index is 707. The molecular formula is C14H12N2O. The summed E-state index contributed by atoms with van der Waals surface area (Å²) in [6.07, 6.45) is 0. The van der Waals surface area contributed by atoms with Gasteiger partial charge in [-0.25, -0.2) is 4.98 Å². The molecule has 1 aromatic heterocycles. The Balaban J connectivity index is 2.55. The maximum Gasteiger partial charge on any atom is 0.130 e. The van der Waals surface area contributed by atoms with Gasteiger partial charge in [0.1, 0.15) is 5.75 Å². The number of ether oxygens (including phenoxy) is 1. The molecule has 84 valence electrons. The quantitative estimate of drug-likeness (QED) is 0.646. The number of nitrogens with zero attached hydrogens (tertiary/aromatic N) is 1. The highest BCUT2D eigenvalue weighted by Gasteiger charge is 2.09. The summed E-state index contributed by atoms with van der Waals surface area (Å²) in [4.78, 5) is 4.59. The van der Waals surface area contributed by atoms with Crippen molar-refractivity contribution in [1.82, 2.24) is 4.98 Å². The second-order valence-corrected chi connectivity index (χ2v) is 3.90. The predicted octanol–water partition coefficient (Wildman–Crippen LogP) is 2.98. The third-order valence-corrected chi connectivity index (χ3v) is 2.93. The van der Waals surface area contributed by atoms with Crippen LogP contribution in [0.1, 0.15) is 0 Å². The van der Waals surface area contributed by atoms with E-state index in [0.717, 1.165) is 33.2 Å². The zero-order valence-corrected chi connectivity index (χ0v) is 9.47. The molecule has 2 aromatic carbocycles. The Morgan fingerprint density at radius 2 is 1.76 bits per heavy atom. The van der Waals surface area contributed by atoms with Crippen LogP contribution >= 0.6 is 0 Å². The molecule has 0 saturated carbocycles. The maximum atomic E-state index is 6.21. The summed E-state index contributed by atoms with van der Waals surface area (Å²) in [5.41, 5.74) is 8.71. The number of benzene rings is 2. The van der Waals surface area contributed by atoms with Gasteiger partial charge < -0.3 is 10.5 Å². The normalized spacial score (nSPS) is 10.9. The zero-order valence-electron chi connectivity index (χ0n) is 9.47. The van der Waals surface area contributed by atoms with Crippen molar-refractivity contribution >= 4 is 27.5 Å². The van der Waals surface area contributed by atoms with Gasteiger partial charge in [-0.15, -0.1) is 0 Å². The van der Waals surface area contributed by atoms with Gasteiger partial charge in [-0.2, -0.15) is 0 Å². The van der Waals surface area contributed by atoms with Crippen molar-refractivity contribution in [2.75, 3.05) is 12.8 Å². The van der Waals surface area contributed by atoms with Gasteiger partial charge in [-0.05, 0) is 18.2 Å². The first-order chi connectivity index (χ1) is 8.31. The van der Waals surface area contributed by atoms with Crippen LogP contribution in [0.2, 0.25) is 0 Å². The highest BCUT2D eigenvalue weighted by Crippen LogP contribution is 2.34. The second kappa shape index (κ2) is 3.63. The highest BCUT2D eigenvalue weighted by atomic mass is 16.5. The molecule has 0 unspecified atom stereocenters. The monoisotopic (exact) mass is 224 g/mol. The fourth-order valence-electron chi connectivity index (χ4n) is 2.12. The van der Waals surface area contributed by atoms with Crippen molar-refractivity contribution in [2.24, 2.45) is 0 Å². The van der Waals surface area contributed by atoms with Crippen molar-refractivity contribution in [3.05, 3.63) is 42.5 Å². The van der Waals surface area contributed by atoms with Gasteiger partial charge in [0.2, 0.25) is 0 Å². The van der Waals surface area contributed by atoms with Crippen LogP contribution in [0.5, 0.6) is 5.75 Å². The fourth-order valence-corrected chi connectivity index (χ4v) is 2.12. The maximum absolute atomic E-state index is 6.21. The van der Waals surface area contributed by atoms with Gasteiger partial charge in [0.05, 0.1) is 29.2 Å². The lowest BCUT2D eigenvalue weighted by Gasteiger charge is -2.10. The summed E-state index contributed by atoms with van der Waals surface area (Å²) in [7, 11) is 1.64. The molecule has 0 saturated heterocycles. The number of rotatable bonds is 1. The lowest BCUT2D eigenvalue weighted by molar-refractivity contribution is 0.420. The Kier molecular flexibility index (Phi) is 2.11. The molecule has 0 fully saturated rings. The highest BCUT2D eigenvalue weighted by molar-refractivity contribution is 6.08. The van der Waals surface area contributed by atoms with E-state index in [9.17, 15) is 0 Å². The van der Waals surface area contributed by atoms with Crippen molar-refractivity contribution in [2.45, 2.75) is 0 Å². The third-order valence-electron chi connectivity index (χ3n) is 2.93. The molecule has 3 aromatic rings. The standard InChI is InChI=1S/C14H12N2O/c1-17-12-8-4-7-11-13(12)14(15)9-5-2-3-6-10(9)16-11/h2-8H,1H3,(H2,15,16). The number of fused-ring (bicyclic) bond motifs is 2. The molecule has 1 heterocycles. The number of methoxy groups -OCH3 is 1. The van der Waals surface area contributed by atoms with Crippen LogP contribution in [0.25, 0.3) is 21.8 Å². The van der Waals surface area contributed by atoms with E-state index in [2.05, 4.69) is 4.98 Å². The van der Waals surface area contributed by atoms with Crippen LogP contribution in [0.3, 0.4) is 0 Å². The van der Waals surface area contributed by atoms with E-state index in [1.807, 2.05) is 42.5 Å². The molecular weight excluding hydrogens is 212 g/mol. The Hall–Kier alpha value is -2.29. The first-order valence-electron chi connectivity index (χ1n) is 5.42. The lowest BCUT2D eigenvalue weighted by atomic mass is 10.1. The fraction of sp³-hybridized carbons (Fsp3) is 0.0714. The smallest absolute Gasteiger partial charge is 0.130 e. The second-order valence-electron chi connectivity index (χ2n) is 3.90. The van der Waals surface area contributed by atoms with Crippen LogP contribution < -0.4 is 10.5 Å². The van der Waals surface area contributed by atoms with E-state index in [0.29, 0.717) is 0 Å². The van der Waals surface area contributed by atoms with Crippen LogP contribution in [-0.4, -0.2) is 12.1 Å². The van der Waals surface area contributed by atoms with E-state index in [-0.39, 0.29) is 0 Å². The first kappa shape index (κ1) is 9.90. The molecule has 3 heteroatoms. The average molecular weight is 224 g/mol. The number of hydrogen-bond donors (Lipinski definition) is 1. The van der Waals surface area contributed by atoms with Crippen LogP contribution in [0, 0.1) is 0 Å². The number of para-hydroxylation sites is 1. The minimum atomic E-state index is 0.725. The van der Waals surface area contributed by atoms with Crippen LogP contribution in [-0.2, 0) is 0 Å². The van der Waals surface area contributed by atoms with Crippen LogP contribution in [0.15, 0.2) is 42.5 Å². The molecule has 17 heavy (non-hydrogen) atoms. The van der Waals surface area contributed by atoms with Gasteiger partial charge >= 0.3 is 0 Å². The summed E-state index contributed by atoms with van der Waals surface area (Å²) < 4.78 is 5.34. The van der Waals surface area contributed by atoms with Crippen molar-refractivity contribution < 1.29 is 4.74 Å². The molecule has 3 rings (SSSR count). The molecule has 2 N–H and O–H groups in total. The number of hydrogen-bond acceptors (Lipinski definition) is 3. The van der Waals surface area contributed by atoms with Gasteiger partial charge in [0.15, 0.2) is 0 Å². The van der Waals surface area contributed by atoms with E-state index in [4.69, 9.17) is 10.5 Å². The summed E-state index contributed by atoms with van der Waals surface area (Å²) in [6, 6.07) is 13.6. The zero-order chi connectivity index (χ0) is 11.8. The van der Waals surface area contributed by atoms with Gasteiger partial charge in [0.25, 0.3) is 0 Å². The molecule has 0 aliphatic rings. The largest absolute Gasteiger partial charge is 0.496 e. The first-order valence-corrected chi connectivity index (χ1v) is 5.42. The number of nitrogen functional groups attached to an aromatic ring is 1. The topological polar surface area (TPSA) is 48.1 Å².